The van der Waals surface area contributed by atoms with Gasteiger partial charge in [0.1, 0.15) is 10.4 Å². The van der Waals surface area contributed by atoms with E-state index in [2.05, 4.69) is 15.3 Å². The number of thioether (sulfide) groups is 1. The van der Waals surface area contributed by atoms with E-state index in [9.17, 15) is 14.4 Å². The molecule has 0 aliphatic carbocycles. The van der Waals surface area contributed by atoms with Gasteiger partial charge in [0.25, 0.3) is 5.56 Å². The molecule has 0 saturated heterocycles. The third kappa shape index (κ3) is 4.82. The van der Waals surface area contributed by atoms with E-state index in [0.717, 1.165) is 21.9 Å². The number of hydrogen-bond donors (Lipinski definition) is 1. The van der Waals surface area contributed by atoms with Gasteiger partial charge in [-0.1, -0.05) is 29.5 Å². The second-order valence-corrected chi connectivity index (χ2v) is 8.99. The minimum absolute atomic E-state index is 0.00262. The molecule has 0 aliphatic heterocycles. The van der Waals surface area contributed by atoms with Gasteiger partial charge in [0.2, 0.25) is 5.91 Å². The number of carbonyl (C=O) groups excluding carboxylic acids is 1. The molecule has 0 aliphatic rings. The number of ether oxygens (including phenoxy) is 2. The Balaban J connectivity index is 1.78. The summed E-state index contributed by atoms with van der Waals surface area (Å²) in [5, 5.41) is 3.29. The molecule has 0 radical (unpaired) electrons. The summed E-state index contributed by atoms with van der Waals surface area (Å²) < 4.78 is 13.0. The standard InChI is InChI=1S/C25H25N5O5S/c1-14-6-9-16(10-7-14)26-19(31)13-36-23-20-22(29(2)25(33)30(3)24(20)32)27-21(28-23)15-8-11-17(34-4)18(12-15)35-5/h6-12H,13H2,1-5H3,(H,26,31). The number of aryl methyl sites for hydroxylation is 2. The van der Waals surface area contributed by atoms with Crippen molar-refractivity contribution >= 4 is 34.4 Å². The summed E-state index contributed by atoms with van der Waals surface area (Å²) >= 11 is 1.10. The van der Waals surface area contributed by atoms with Crippen LogP contribution in [0.3, 0.4) is 0 Å². The number of anilines is 1. The molecule has 1 amide bonds. The molecule has 0 saturated carbocycles. The van der Waals surface area contributed by atoms with Crippen molar-refractivity contribution in [2.75, 3.05) is 25.3 Å². The molecule has 11 heteroatoms. The number of rotatable bonds is 7. The Morgan fingerprint density at radius 3 is 2.33 bits per heavy atom. The Morgan fingerprint density at radius 2 is 1.67 bits per heavy atom. The van der Waals surface area contributed by atoms with E-state index in [0.29, 0.717) is 27.8 Å². The van der Waals surface area contributed by atoms with E-state index in [1.54, 1.807) is 18.2 Å². The van der Waals surface area contributed by atoms with Crippen molar-refractivity contribution < 1.29 is 14.3 Å². The first kappa shape index (κ1) is 25.0. The van der Waals surface area contributed by atoms with E-state index >= 15 is 0 Å². The SMILES string of the molecule is COc1ccc(-c2nc(SCC(=O)Nc3ccc(C)cc3)c3c(=O)n(C)c(=O)n(C)c3n2)cc1OC. The van der Waals surface area contributed by atoms with Crippen LogP contribution < -0.4 is 26.0 Å². The molecule has 2 heterocycles. The zero-order chi connectivity index (χ0) is 26.0. The van der Waals surface area contributed by atoms with E-state index in [-0.39, 0.29) is 28.5 Å². The first-order chi connectivity index (χ1) is 17.2. The van der Waals surface area contributed by atoms with Gasteiger partial charge in [-0.25, -0.2) is 14.8 Å². The molecular formula is C25H25N5O5S. The molecule has 2 aromatic heterocycles. The van der Waals surface area contributed by atoms with Gasteiger partial charge in [0.15, 0.2) is 23.0 Å². The Kier molecular flexibility index (Phi) is 7.11. The normalized spacial score (nSPS) is 10.9. The summed E-state index contributed by atoms with van der Waals surface area (Å²) in [6.45, 7) is 1.96. The van der Waals surface area contributed by atoms with Crippen molar-refractivity contribution in [1.29, 1.82) is 0 Å². The Labute approximate surface area is 210 Å². The molecule has 4 rings (SSSR count). The summed E-state index contributed by atoms with van der Waals surface area (Å²) in [7, 11) is 5.98. The van der Waals surface area contributed by atoms with Crippen LogP contribution >= 0.6 is 11.8 Å². The van der Waals surface area contributed by atoms with Crippen molar-refractivity contribution in [2.24, 2.45) is 14.1 Å². The third-order valence-corrected chi connectivity index (χ3v) is 6.56. The number of nitrogens with one attached hydrogen (secondary N) is 1. The van der Waals surface area contributed by atoms with E-state index in [1.165, 1.54) is 32.9 Å². The lowest BCUT2D eigenvalue weighted by Crippen LogP contribution is -2.37. The van der Waals surface area contributed by atoms with Crippen LogP contribution in [0.4, 0.5) is 5.69 Å². The molecule has 4 aromatic rings. The van der Waals surface area contributed by atoms with Gasteiger partial charge in [-0.2, -0.15) is 0 Å². The molecule has 0 atom stereocenters. The fraction of sp³-hybridized carbons (Fsp3) is 0.240. The van der Waals surface area contributed by atoms with Gasteiger partial charge < -0.3 is 14.8 Å². The number of amides is 1. The highest BCUT2D eigenvalue weighted by Gasteiger charge is 2.20. The summed E-state index contributed by atoms with van der Waals surface area (Å²) in [5.41, 5.74) is 1.46. The molecule has 36 heavy (non-hydrogen) atoms. The second-order valence-electron chi connectivity index (χ2n) is 8.03. The fourth-order valence-corrected chi connectivity index (χ4v) is 4.42. The van der Waals surface area contributed by atoms with Gasteiger partial charge in [0, 0.05) is 25.3 Å². The van der Waals surface area contributed by atoms with Crippen molar-refractivity contribution in [1.82, 2.24) is 19.1 Å². The third-order valence-electron chi connectivity index (χ3n) is 5.58. The average molecular weight is 508 g/mol. The second kappa shape index (κ2) is 10.2. The topological polar surface area (TPSA) is 117 Å². The summed E-state index contributed by atoms with van der Waals surface area (Å²) in [4.78, 5) is 47.4. The van der Waals surface area contributed by atoms with Gasteiger partial charge in [-0.3, -0.25) is 18.7 Å². The van der Waals surface area contributed by atoms with Gasteiger partial charge >= 0.3 is 5.69 Å². The first-order valence-electron chi connectivity index (χ1n) is 10.9. The lowest BCUT2D eigenvalue weighted by atomic mass is 10.2. The van der Waals surface area contributed by atoms with E-state index in [1.807, 2.05) is 31.2 Å². The number of carbonyl (C=O) groups is 1. The zero-order valence-electron chi connectivity index (χ0n) is 20.5. The van der Waals surface area contributed by atoms with Crippen LogP contribution in [-0.4, -0.2) is 45.0 Å². The molecule has 0 fully saturated rings. The highest BCUT2D eigenvalue weighted by atomic mass is 32.2. The number of nitrogens with zero attached hydrogens (tertiary/aromatic N) is 4. The molecule has 1 N–H and O–H groups in total. The zero-order valence-corrected chi connectivity index (χ0v) is 21.3. The smallest absolute Gasteiger partial charge is 0.332 e. The van der Waals surface area contributed by atoms with Crippen molar-refractivity contribution in [2.45, 2.75) is 11.9 Å². The van der Waals surface area contributed by atoms with Gasteiger partial charge in [-0.05, 0) is 37.3 Å². The highest BCUT2D eigenvalue weighted by Crippen LogP contribution is 2.33. The van der Waals surface area contributed by atoms with Crippen LogP contribution in [0.5, 0.6) is 11.5 Å². The van der Waals surface area contributed by atoms with Crippen molar-refractivity contribution in [3.8, 4) is 22.9 Å². The van der Waals surface area contributed by atoms with Crippen molar-refractivity contribution in [3.63, 3.8) is 0 Å². The average Bonchev–Trinajstić information content (AvgIpc) is 2.89. The Bertz CT molecular complexity index is 1580. The number of fused-ring (bicyclic) bond motifs is 1. The maximum Gasteiger partial charge on any atom is 0.332 e. The molecule has 2 aromatic carbocycles. The molecule has 0 unspecified atom stereocenters. The Morgan fingerprint density at radius 1 is 0.972 bits per heavy atom. The predicted molar refractivity (Wildman–Crippen MR) is 139 cm³/mol. The van der Waals surface area contributed by atoms with Crippen LogP contribution in [-0.2, 0) is 18.9 Å². The predicted octanol–water partition coefficient (Wildman–Crippen LogP) is 2.75. The molecular weight excluding hydrogens is 482 g/mol. The molecule has 0 spiro atoms. The van der Waals surface area contributed by atoms with Crippen LogP contribution in [0.2, 0.25) is 0 Å². The highest BCUT2D eigenvalue weighted by molar-refractivity contribution is 8.00. The number of aromatic nitrogens is 4. The monoisotopic (exact) mass is 507 g/mol. The van der Waals surface area contributed by atoms with Gasteiger partial charge in [-0.15, -0.1) is 0 Å². The summed E-state index contributed by atoms with van der Waals surface area (Å²) in [6, 6.07) is 12.6. The van der Waals surface area contributed by atoms with E-state index in [4.69, 9.17) is 9.47 Å². The van der Waals surface area contributed by atoms with E-state index < -0.39 is 11.2 Å². The summed E-state index contributed by atoms with van der Waals surface area (Å²) in [5.74, 6) is 1.02. The minimum atomic E-state index is -0.534. The minimum Gasteiger partial charge on any atom is -0.493 e. The molecule has 10 nitrogen and oxygen atoms in total. The number of benzene rings is 2. The van der Waals surface area contributed by atoms with Crippen molar-refractivity contribution in [3.05, 3.63) is 68.9 Å². The molecule has 186 valence electrons. The summed E-state index contributed by atoms with van der Waals surface area (Å²) in [6.07, 6.45) is 0. The molecule has 0 bridgehead atoms. The maximum absolute atomic E-state index is 13.0. The van der Waals surface area contributed by atoms with Crippen LogP contribution in [0.1, 0.15) is 5.56 Å². The lowest BCUT2D eigenvalue weighted by Gasteiger charge is -2.13. The lowest BCUT2D eigenvalue weighted by molar-refractivity contribution is -0.113. The van der Waals surface area contributed by atoms with Crippen LogP contribution in [0, 0.1) is 6.92 Å². The quantitative estimate of drug-likeness (QED) is 0.300. The number of methoxy groups -OCH3 is 2. The number of hydrogen-bond acceptors (Lipinski definition) is 8. The maximum atomic E-state index is 13.0. The van der Waals surface area contributed by atoms with Crippen LogP contribution in [0.15, 0.2) is 57.1 Å². The first-order valence-corrected chi connectivity index (χ1v) is 11.9. The van der Waals surface area contributed by atoms with Crippen LogP contribution in [0.25, 0.3) is 22.4 Å². The van der Waals surface area contributed by atoms with Gasteiger partial charge in [0.05, 0.1) is 20.0 Å². The fourth-order valence-electron chi connectivity index (χ4n) is 3.61. The largest absolute Gasteiger partial charge is 0.493 e. The Hall–Kier alpha value is -4.12.